The average molecular weight is 301 g/mol. The molecule has 2 aromatic heterocycles. The van der Waals surface area contributed by atoms with Gasteiger partial charge in [-0.1, -0.05) is 11.6 Å². The lowest BCUT2D eigenvalue weighted by atomic mass is 10.2. The molecule has 3 rings (SSSR count). The van der Waals surface area contributed by atoms with Crippen LogP contribution >= 0.6 is 23.2 Å². The highest BCUT2D eigenvalue weighted by Gasteiger charge is 2.42. The number of nitrogens with zero attached hydrogens (tertiary/aromatic N) is 4. The molecule has 2 heterocycles. The number of fused-ring (bicyclic) bond motifs is 1. The van der Waals surface area contributed by atoms with Crippen LogP contribution in [0.5, 0.6) is 0 Å². The summed E-state index contributed by atoms with van der Waals surface area (Å²) in [5.74, 6) is -0.0860. The molecule has 0 amide bonds. The summed E-state index contributed by atoms with van der Waals surface area (Å²) in [5.41, 5.74) is 0.145. The minimum atomic E-state index is -0.668. The molecule has 100 valence electrons. The second-order valence-electron chi connectivity index (χ2n) is 5.00. The zero-order chi connectivity index (χ0) is 13.8. The van der Waals surface area contributed by atoms with Gasteiger partial charge in [-0.05, 0) is 31.4 Å². The number of anilines is 1. The summed E-state index contributed by atoms with van der Waals surface area (Å²) in [6, 6.07) is 0. The van der Waals surface area contributed by atoms with E-state index in [9.17, 15) is 4.39 Å². The van der Waals surface area contributed by atoms with E-state index in [2.05, 4.69) is 21.9 Å². The fraction of sp³-hybridized carbons (Fsp3) is 0.417. The van der Waals surface area contributed by atoms with Gasteiger partial charge in [0.1, 0.15) is 11.3 Å². The smallest absolute Gasteiger partial charge is 0.225 e. The van der Waals surface area contributed by atoms with E-state index in [1.807, 2.05) is 11.9 Å². The van der Waals surface area contributed by atoms with Crippen molar-refractivity contribution >= 4 is 39.9 Å². The van der Waals surface area contributed by atoms with Gasteiger partial charge in [0, 0.05) is 18.8 Å². The molecule has 0 spiro atoms. The van der Waals surface area contributed by atoms with E-state index in [0.717, 1.165) is 12.8 Å². The zero-order valence-corrected chi connectivity index (χ0v) is 11.9. The number of aromatic nitrogens is 3. The predicted molar refractivity (Wildman–Crippen MR) is 73.4 cm³/mol. The lowest BCUT2D eigenvalue weighted by Crippen LogP contribution is -2.31. The first-order valence-electron chi connectivity index (χ1n) is 5.83. The van der Waals surface area contributed by atoms with Gasteiger partial charge in [-0.2, -0.15) is 4.98 Å². The van der Waals surface area contributed by atoms with Crippen molar-refractivity contribution in [2.24, 2.45) is 0 Å². The van der Waals surface area contributed by atoms with Crippen LogP contribution in [0.15, 0.2) is 6.20 Å². The van der Waals surface area contributed by atoms with Crippen molar-refractivity contribution in [1.29, 1.82) is 0 Å². The SMILES string of the molecule is CN(c1nc(Cl)nc2c(F)c(Cl)ncc12)C1(C)CC1. The van der Waals surface area contributed by atoms with Crippen LogP contribution in [-0.2, 0) is 0 Å². The van der Waals surface area contributed by atoms with Crippen LogP contribution in [0.4, 0.5) is 10.2 Å². The molecule has 0 atom stereocenters. The molecule has 0 unspecified atom stereocenters. The van der Waals surface area contributed by atoms with Crippen LogP contribution in [0.3, 0.4) is 0 Å². The third-order valence-corrected chi connectivity index (χ3v) is 4.13. The fourth-order valence-electron chi connectivity index (χ4n) is 2.02. The first-order chi connectivity index (χ1) is 8.92. The van der Waals surface area contributed by atoms with Gasteiger partial charge in [0.25, 0.3) is 0 Å². The van der Waals surface area contributed by atoms with Crippen molar-refractivity contribution in [2.75, 3.05) is 11.9 Å². The summed E-state index contributed by atoms with van der Waals surface area (Å²) in [6.45, 7) is 2.12. The van der Waals surface area contributed by atoms with Crippen molar-refractivity contribution in [3.63, 3.8) is 0 Å². The molecule has 0 radical (unpaired) electrons. The third-order valence-electron chi connectivity index (χ3n) is 3.70. The van der Waals surface area contributed by atoms with Gasteiger partial charge in [-0.3, -0.25) is 0 Å². The Morgan fingerprint density at radius 1 is 1.32 bits per heavy atom. The molecule has 19 heavy (non-hydrogen) atoms. The molecule has 2 aromatic rings. The van der Waals surface area contributed by atoms with Gasteiger partial charge in [-0.15, -0.1) is 0 Å². The summed E-state index contributed by atoms with van der Waals surface area (Å²) in [6.07, 6.45) is 3.61. The number of hydrogen-bond donors (Lipinski definition) is 0. The van der Waals surface area contributed by atoms with Crippen molar-refractivity contribution in [1.82, 2.24) is 15.0 Å². The maximum atomic E-state index is 14.0. The van der Waals surface area contributed by atoms with Crippen LogP contribution in [0.2, 0.25) is 10.4 Å². The van der Waals surface area contributed by atoms with Crippen LogP contribution in [-0.4, -0.2) is 27.5 Å². The Balaban J connectivity index is 2.27. The summed E-state index contributed by atoms with van der Waals surface area (Å²) in [7, 11) is 1.91. The fourth-order valence-corrected chi connectivity index (χ4v) is 2.32. The Bertz CT molecular complexity index is 672. The topological polar surface area (TPSA) is 41.9 Å². The third kappa shape index (κ3) is 2.01. The van der Waals surface area contributed by atoms with Gasteiger partial charge < -0.3 is 4.90 Å². The number of halogens is 3. The standard InChI is InChI=1S/C12H11Cl2FN4/c1-12(3-4-12)19(2)10-6-5-16-9(13)7(15)8(6)17-11(14)18-10/h5H,3-4H2,1-2H3. The molecular weight excluding hydrogens is 290 g/mol. The zero-order valence-electron chi connectivity index (χ0n) is 10.4. The predicted octanol–water partition coefficient (Wildman–Crippen LogP) is 3.46. The maximum Gasteiger partial charge on any atom is 0.225 e. The van der Waals surface area contributed by atoms with Gasteiger partial charge in [0.05, 0.1) is 5.39 Å². The number of pyridine rings is 1. The number of hydrogen-bond acceptors (Lipinski definition) is 4. The first kappa shape index (κ1) is 12.8. The molecule has 0 N–H and O–H groups in total. The monoisotopic (exact) mass is 300 g/mol. The highest BCUT2D eigenvalue weighted by atomic mass is 35.5. The molecule has 1 saturated carbocycles. The van der Waals surface area contributed by atoms with E-state index in [0.29, 0.717) is 11.2 Å². The Morgan fingerprint density at radius 3 is 2.63 bits per heavy atom. The molecule has 0 aromatic carbocycles. The highest BCUT2D eigenvalue weighted by Crippen LogP contribution is 2.43. The molecule has 7 heteroatoms. The maximum absolute atomic E-state index is 14.0. The van der Waals surface area contributed by atoms with Crippen molar-refractivity contribution in [2.45, 2.75) is 25.3 Å². The van der Waals surface area contributed by atoms with Crippen molar-refractivity contribution < 1.29 is 4.39 Å². The van der Waals surface area contributed by atoms with E-state index in [4.69, 9.17) is 23.2 Å². The van der Waals surface area contributed by atoms with Gasteiger partial charge in [0.15, 0.2) is 11.0 Å². The Hall–Kier alpha value is -1.20. The van der Waals surface area contributed by atoms with Gasteiger partial charge in [0.2, 0.25) is 5.28 Å². The molecule has 1 fully saturated rings. The Kier molecular flexibility index (Phi) is 2.80. The molecule has 1 aliphatic carbocycles. The van der Waals surface area contributed by atoms with E-state index < -0.39 is 5.82 Å². The van der Waals surface area contributed by atoms with E-state index in [1.54, 1.807) is 0 Å². The Morgan fingerprint density at radius 2 is 2.00 bits per heavy atom. The van der Waals surface area contributed by atoms with Crippen LogP contribution < -0.4 is 4.90 Å². The molecule has 1 aliphatic rings. The lowest BCUT2D eigenvalue weighted by molar-refractivity contribution is 0.630. The van der Waals surface area contributed by atoms with Crippen LogP contribution in [0, 0.1) is 5.82 Å². The molecular formula is C12H11Cl2FN4. The Labute approximate surface area is 119 Å². The quantitative estimate of drug-likeness (QED) is 0.629. The molecule has 0 bridgehead atoms. The molecule has 0 saturated heterocycles. The number of rotatable bonds is 2. The van der Waals surface area contributed by atoms with E-state index in [-0.39, 0.29) is 21.5 Å². The summed E-state index contributed by atoms with van der Waals surface area (Å²) < 4.78 is 14.0. The molecule has 0 aliphatic heterocycles. The minimum Gasteiger partial charge on any atom is -0.354 e. The van der Waals surface area contributed by atoms with E-state index >= 15 is 0 Å². The normalized spacial score (nSPS) is 16.7. The summed E-state index contributed by atoms with van der Waals surface area (Å²) in [5, 5.41) is 0.301. The second-order valence-corrected chi connectivity index (χ2v) is 5.69. The minimum absolute atomic E-state index is 0.000216. The molecule has 4 nitrogen and oxygen atoms in total. The summed E-state index contributed by atoms with van der Waals surface area (Å²) >= 11 is 11.6. The van der Waals surface area contributed by atoms with Gasteiger partial charge in [-0.25, -0.2) is 14.4 Å². The van der Waals surface area contributed by atoms with Crippen molar-refractivity contribution in [3.05, 3.63) is 22.5 Å². The average Bonchev–Trinajstić information content (AvgIpc) is 3.12. The van der Waals surface area contributed by atoms with Crippen molar-refractivity contribution in [3.8, 4) is 0 Å². The largest absolute Gasteiger partial charge is 0.354 e. The second kappa shape index (κ2) is 4.15. The van der Waals surface area contributed by atoms with Crippen LogP contribution in [0.25, 0.3) is 10.9 Å². The first-order valence-corrected chi connectivity index (χ1v) is 6.59. The summed E-state index contributed by atoms with van der Waals surface area (Å²) in [4.78, 5) is 13.9. The van der Waals surface area contributed by atoms with E-state index in [1.165, 1.54) is 6.20 Å². The highest BCUT2D eigenvalue weighted by molar-refractivity contribution is 6.30. The van der Waals surface area contributed by atoms with Crippen LogP contribution in [0.1, 0.15) is 19.8 Å². The van der Waals surface area contributed by atoms with Gasteiger partial charge >= 0.3 is 0 Å². The lowest BCUT2D eigenvalue weighted by Gasteiger charge is -2.26.